The molecular formula is C16H25N3O2. The Morgan fingerprint density at radius 2 is 2.14 bits per heavy atom. The van der Waals surface area contributed by atoms with Crippen LogP contribution in [-0.4, -0.2) is 29.1 Å². The zero-order valence-electron chi connectivity index (χ0n) is 12.8. The molecule has 5 heteroatoms. The molecule has 1 aliphatic carbocycles. The van der Waals surface area contributed by atoms with E-state index >= 15 is 0 Å². The van der Waals surface area contributed by atoms with E-state index in [0.717, 1.165) is 25.0 Å². The average molecular weight is 291 g/mol. The highest BCUT2D eigenvalue weighted by molar-refractivity contribution is 5.81. The number of carbonyl (C=O) groups is 1. The Balaban J connectivity index is 1.83. The molecule has 2 rings (SSSR count). The van der Waals surface area contributed by atoms with Crippen molar-refractivity contribution in [2.24, 2.45) is 5.73 Å². The Kier molecular flexibility index (Phi) is 5.56. The molecule has 1 fully saturated rings. The number of aromatic nitrogens is 1. The van der Waals surface area contributed by atoms with Gasteiger partial charge in [0.1, 0.15) is 5.75 Å². The first-order valence-electron chi connectivity index (χ1n) is 7.72. The van der Waals surface area contributed by atoms with Gasteiger partial charge in [0.25, 0.3) is 5.91 Å². The van der Waals surface area contributed by atoms with Crippen LogP contribution < -0.4 is 15.8 Å². The summed E-state index contributed by atoms with van der Waals surface area (Å²) in [5.41, 5.74) is 6.67. The van der Waals surface area contributed by atoms with Crippen LogP contribution >= 0.6 is 0 Å². The normalized spacial score (nSPS) is 18.2. The van der Waals surface area contributed by atoms with Crippen molar-refractivity contribution in [1.82, 2.24) is 10.3 Å². The molecule has 0 aliphatic heterocycles. The van der Waals surface area contributed by atoms with Gasteiger partial charge in [-0.3, -0.25) is 9.78 Å². The lowest BCUT2D eigenvalue weighted by Crippen LogP contribution is -2.41. The molecule has 3 N–H and O–H groups in total. The summed E-state index contributed by atoms with van der Waals surface area (Å²) in [6.07, 6.45) is 6.43. The summed E-state index contributed by atoms with van der Waals surface area (Å²) in [7, 11) is 0. The molecule has 0 bridgehead atoms. The number of ether oxygens (including phenoxy) is 1. The Labute approximate surface area is 126 Å². The first-order valence-corrected chi connectivity index (χ1v) is 7.72. The average Bonchev–Trinajstić information content (AvgIpc) is 2.93. The van der Waals surface area contributed by atoms with E-state index in [0.29, 0.717) is 11.8 Å². The summed E-state index contributed by atoms with van der Waals surface area (Å²) in [6.45, 7) is 3.71. The molecule has 1 aromatic rings. The Morgan fingerprint density at radius 1 is 1.43 bits per heavy atom. The highest BCUT2D eigenvalue weighted by Crippen LogP contribution is 2.18. The first kappa shape index (κ1) is 15.8. The predicted molar refractivity (Wildman–Crippen MR) is 82.1 cm³/mol. The van der Waals surface area contributed by atoms with Crippen LogP contribution in [0.4, 0.5) is 0 Å². The van der Waals surface area contributed by atoms with Crippen molar-refractivity contribution in [2.75, 3.05) is 0 Å². The Hall–Kier alpha value is -1.62. The highest BCUT2D eigenvalue weighted by Gasteiger charge is 2.21. The van der Waals surface area contributed by atoms with E-state index in [-0.39, 0.29) is 11.9 Å². The number of hydrogen-bond acceptors (Lipinski definition) is 4. The Morgan fingerprint density at radius 3 is 2.71 bits per heavy atom. The molecule has 2 atom stereocenters. The van der Waals surface area contributed by atoms with E-state index in [1.807, 2.05) is 19.1 Å². The summed E-state index contributed by atoms with van der Waals surface area (Å²) < 4.78 is 5.64. The number of rotatable bonds is 6. The molecular weight excluding hydrogens is 266 g/mol. The third-order valence-electron chi connectivity index (χ3n) is 3.71. The SMILES string of the molecule is CC(N)Cc1ccc(OC(C)C(=O)NC2CCCC2)cn1. The second-order valence-electron chi connectivity index (χ2n) is 5.92. The van der Waals surface area contributed by atoms with E-state index in [9.17, 15) is 4.79 Å². The van der Waals surface area contributed by atoms with Crippen LogP contribution in [0, 0.1) is 0 Å². The molecule has 0 radical (unpaired) electrons. The molecule has 0 saturated heterocycles. The lowest BCUT2D eigenvalue weighted by molar-refractivity contribution is -0.127. The van der Waals surface area contributed by atoms with Crippen LogP contribution in [0.25, 0.3) is 0 Å². The van der Waals surface area contributed by atoms with E-state index in [4.69, 9.17) is 10.5 Å². The smallest absolute Gasteiger partial charge is 0.260 e. The lowest BCUT2D eigenvalue weighted by Gasteiger charge is -2.18. The minimum Gasteiger partial charge on any atom is -0.479 e. The molecule has 5 nitrogen and oxygen atoms in total. The first-order chi connectivity index (χ1) is 10.0. The fraction of sp³-hybridized carbons (Fsp3) is 0.625. The van der Waals surface area contributed by atoms with E-state index in [1.54, 1.807) is 13.1 Å². The van der Waals surface area contributed by atoms with Gasteiger partial charge in [0.15, 0.2) is 6.10 Å². The predicted octanol–water partition coefficient (Wildman–Crippen LogP) is 1.80. The molecule has 1 aliphatic rings. The van der Waals surface area contributed by atoms with Gasteiger partial charge >= 0.3 is 0 Å². The number of nitrogens with two attached hydrogens (primary N) is 1. The topological polar surface area (TPSA) is 77.2 Å². The van der Waals surface area contributed by atoms with Gasteiger partial charge in [-0.2, -0.15) is 0 Å². The second kappa shape index (κ2) is 7.41. The van der Waals surface area contributed by atoms with Gasteiger partial charge in [-0.15, -0.1) is 0 Å². The number of nitrogens with one attached hydrogen (secondary N) is 1. The van der Waals surface area contributed by atoms with Gasteiger partial charge in [-0.1, -0.05) is 12.8 Å². The van der Waals surface area contributed by atoms with Gasteiger partial charge in [0.05, 0.1) is 6.20 Å². The lowest BCUT2D eigenvalue weighted by atomic mass is 10.2. The standard InChI is InChI=1S/C16H25N3O2/c1-11(17)9-14-7-8-15(10-18-14)21-12(2)16(20)19-13-5-3-4-6-13/h7-8,10-13H,3-6,9,17H2,1-2H3,(H,19,20). The number of amides is 1. The molecule has 0 aromatic carbocycles. The fourth-order valence-electron chi connectivity index (χ4n) is 2.58. The van der Waals surface area contributed by atoms with Gasteiger partial charge in [-0.25, -0.2) is 0 Å². The number of hydrogen-bond donors (Lipinski definition) is 2. The summed E-state index contributed by atoms with van der Waals surface area (Å²) in [5, 5.41) is 3.04. The maximum Gasteiger partial charge on any atom is 0.260 e. The Bertz CT molecular complexity index is 453. The van der Waals surface area contributed by atoms with Crippen molar-refractivity contribution in [3.05, 3.63) is 24.0 Å². The van der Waals surface area contributed by atoms with Gasteiger partial charge in [-0.05, 0) is 38.8 Å². The zero-order valence-corrected chi connectivity index (χ0v) is 12.8. The molecule has 0 spiro atoms. The van der Waals surface area contributed by atoms with Crippen LogP contribution in [0.5, 0.6) is 5.75 Å². The summed E-state index contributed by atoms with van der Waals surface area (Å²) in [6, 6.07) is 4.13. The van der Waals surface area contributed by atoms with Crippen LogP contribution in [0.1, 0.15) is 45.2 Å². The van der Waals surface area contributed by atoms with Gasteiger partial charge in [0.2, 0.25) is 0 Å². The number of nitrogens with zero attached hydrogens (tertiary/aromatic N) is 1. The van der Waals surface area contributed by atoms with Crippen LogP contribution in [0.2, 0.25) is 0 Å². The number of carbonyl (C=O) groups excluding carboxylic acids is 1. The van der Waals surface area contributed by atoms with Crippen molar-refractivity contribution in [3.8, 4) is 5.75 Å². The molecule has 1 saturated carbocycles. The quantitative estimate of drug-likeness (QED) is 0.838. The molecule has 21 heavy (non-hydrogen) atoms. The summed E-state index contributed by atoms with van der Waals surface area (Å²) >= 11 is 0. The minimum atomic E-state index is -0.508. The van der Waals surface area contributed by atoms with E-state index < -0.39 is 6.10 Å². The monoisotopic (exact) mass is 291 g/mol. The van der Waals surface area contributed by atoms with Crippen molar-refractivity contribution >= 4 is 5.91 Å². The minimum absolute atomic E-state index is 0.0541. The fourth-order valence-corrected chi connectivity index (χ4v) is 2.58. The molecule has 116 valence electrons. The van der Waals surface area contributed by atoms with Crippen molar-refractivity contribution in [1.29, 1.82) is 0 Å². The van der Waals surface area contributed by atoms with Crippen molar-refractivity contribution in [3.63, 3.8) is 0 Å². The second-order valence-corrected chi connectivity index (χ2v) is 5.92. The molecule has 1 heterocycles. The maximum atomic E-state index is 12.0. The summed E-state index contributed by atoms with van der Waals surface area (Å²) in [5.74, 6) is 0.555. The van der Waals surface area contributed by atoms with Crippen LogP contribution in [-0.2, 0) is 11.2 Å². The van der Waals surface area contributed by atoms with E-state index in [2.05, 4.69) is 10.3 Å². The third-order valence-corrected chi connectivity index (χ3v) is 3.71. The molecule has 2 unspecified atom stereocenters. The van der Waals surface area contributed by atoms with Crippen molar-refractivity contribution < 1.29 is 9.53 Å². The van der Waals surface area contributed by atoms with Gasteiger partial charge in [0, 0.05) is 24.2 Å². The van der Waals surface area contributed by atoms with Crippen LogP contribution in [0.15, 0.2) is 18.3 Å². The van der Waals surface area contributed by atoms with Crippen molar-refractivity contribution in [2.45, 2.75) is 64.1 Å². The molecule has 1 aromatic heterocycles. The van der Waals surface area contributed by atoms with Crippen LogP contribution in [0.3, 0.4) is 0 Å². The van der Waals surface area contributed by atoms with Gasteiger partial charge < -0.3 is 15.8 Å². The largest absolute Gasteiger partial charge is 0.479 e. The van der Waals surface area contributed by atoms with E-state index in [1.165, 1.54) is 12.8 Å². The highest BCUT2D eigenvalue weighted by atomic mass is 16.5. The maximum absolute atomic E-state index is 12.0. The number of pyridine rings is 1. The molecule has 1 amide bonds. The summed E-state index contributed by atoms with van der Waals surface area (Å²) in [4.78, 5) is 16.3. The third kappa shape index (κ3) is 5.01. The zero-order chi connectivity index (χ0) is 15.2.